The van der Waals surface area contributed by atoms with Crippen LogP contribution in [0.5, 0.6) is 0 Å². The van der Waals surface area contributed by atoms with Gasteiger partial charge < -0.3 is 23.7 Å². The fraction of sp³-hybridized carbons (Fsp3) is 0.419. The Morgan fingerprint density at radius 2 is 1.47 bits per heavy atom. The van der Waals surface area contributed by atoms with Gasteiger partial charge in [0.1, 0.15) is 38.7 Å². The van der Waals surface area contributed by atoms with Gasteiger partial charge in [0.15, 0.2) is 0 Å². The van der Waals surface area contributed by atoms with Gasteiger partial charge in [0.05, 0.1) is 32.5 Å². The maximum absolute atomic E-state index is 5.50. The molecule has 2 aromatic rings. The van der Waals surface area contributed by atoms with Crippen molar-refractivity contribution in [2.45, 2.75) is 46.3 Å². The molecule has 0 radical (unpaired) electrons. The third kappa shape index (κ3) is 9.03. The third-order valence-corrected chi connectivity index (χ3v) is 5.80. The monoisotopic (exact) mass is 514 g/mol. The molecule has 0 aliphatic carbocycles. The van der Waals surface area contributed by atoms with Crippen LogP contribution in [0.2, 0.25) is 0 Å². The van der Waals surface area contributed by atoms with E-state index in [0.29, 0.717) is 44.9 Å². The summed E-state index contributed by atoms with van der Waals surface area (Å²) >= 11 is 0. The zero-order valence-electron chi connectivity index (χ0n) is 22.1. The SMILES string of the molecule is C#CCOCC#CCOCC#C.CC(C)[C@H]1COC(c2ccccn2)=N1.c1cc2c(c3c1COC3)COC2. The van der Waals surface area contributed by atoms with Crippen molar-refractivity contribution in [2.75, 3.05) is 33.0 Å². The number of pyridine rings is 1. The van der Waals surface area contributed by atoms with E-state index in [2.05, 4.69) is 59.6 Å². The van der Waals surface area contributed by atoms with E-state index >= 15 is 0 Å². The highest BCUT2D eigenvalue weighted by atomic mass is 16.5. The summed E-state index contributed by atoms with van der Waals surface area (Å²) in [6.07, 6.45) is 11.6. The number of terminal acetylenes is 2. The van der Waals surface area contributed by atoms with Crippen LogP contribution < -0.4 is 0 Å². The van der Waals surface area contributed by atoms with Gasteiger partial charge in [-0.3, -0.25) is 4.98 Å². The van der Waals surface area contributed by atoms with Crippen LogP contribution in [0, 0.1) is 42.4 Å². The van der Waals surface area contributed by atoms with Gasteiger partial charge in [-0.15, -0.1) is 12.8 Å². The van der Waals surface area contributed by atoms with E-state index in [0.717, 1.165) is 32.1 Å². The molecule has 0 saturated heterocycles. The molecule has 0 N–H and O–H groups in total. The number of ether oxygens (including phenoxy) is 5. The maximum Gasteiger partial charge on any atom is 0.235 e. The van der Waals surface area contributed by atoms with Crippen molar-refractivity contribution >= 4 is 5.90 Å². The summed E-state index contributed by atoms with van der Waals surface area (Å²) < 4.78 is 26.0. The van der Waals surface area contributed by atoms with Crippen LogP contribution in [-0.2, 0) is 50.1 Å². The van der Waals surface area contributed by atoms with Crippen molar-refractivity contribution in [3.63, 3.8) is 0 Å². The Bertz CT molecular complexity index is 1140. The minimum absolute atomic E-state index is 0.284. The Morgan fingerprint density at radius 1 is 0.868 bits per heavy atom. The molecule has 0 unspecified atom stereocenters. The van der Waals surface area contributed by atoms with Gasteiger partial charge in [0, 0.05) is 6.20 Å². The van der Waals surface area contributed by atoms with E-state index in [1.165, 1.54) is 22.3 Å². The fourth-order valence-electron chi connectivity index (χ4n) is 3.73. The smallest absolute Gasteiger partial charge is 0.235 e. The first kappa shape index (κ1) is 28.9. The van der Waals surface area contributed by atoms with Crippen molar-refractivity contribution in [1.82, 2.24) is 4.98 Å². The number of nitrogens with zero attached hydrogens (tertiary/aromatic N) is 2. The average molecular weight is 515 g/mol. The first-order chi connectivity index (χ1) is 18.6. The fourth-order valence-corrected chi connectivity index (χ4v) is 3.73. The molecule has 0 bridgehead atoms. The molecular weight excluding hydrogens is 480 g/mol. The second kappa shape index (κ2) is 16.3. The lowest BCUT2D eigenvalue weighted by Gasteiger charge is -2.06. The van der Waals surface area contributed by atoms with Crippen molar-refractivity contribution in [3.05, 3.63) is 64.5 Å². The lowest BCUT2D eigenvalue weighted by Crippen LogP contribution is -2.13. The van der Waals surface area contributed by atoms with E-state index in [1.54, 1.807) is 6.20 Å². The molecule has 38 heavy (non-hydrogen) atoms. The summed E-state index contributed by atoms with van der Waals surface area (Å²) in [5.74, 6) is 11.3. The molecule has 0 fully saturated rings. The molecule has 1 aromatic carbocycles. The average Bonchev–Trinajstić information content (AvgIpc) is 3.72. The molecule has 3 aliphatic rings. The van der Waals surface area contributed by atoms with Crippen LogP contribution in [0.25, 0.3) is 0 Å². The predicted octanol–water partition coefficient (Wildman–Crippen LogP) is 3.92. The Morgan fingerprint density at radius 3 is 1.95 bits per heavy atom. The van der Waals surface area contributed by atoms with Gasteiger partial charge in [-0.05, 0) is 40.3 Å². The molecule has 1 aromatic heterocycles. The molecule has 7 heteroatoms. The topological polar surface area (TPSA) is 71.4 Å². The van der Waals surface area contributed by atoms with Crippen molar-refractivity contribution in [3.8, 4) is 36.5 Å². The largest absolute Gasteiger partial charge is 0.474 e. The molecule has 3 aliphatic heterocycles. The van der Waals surface area contributed by atoms with E-state index in [1.807, 2.05) is 18.2 Å². The molecule has 4 heterocycles. The number of aromatic nitrogens is 1. The quantitative estimate of drug-likeness (QED) is 0.430. The molecule has 7 nitrogen and oxygen atoms in total. The van der Waals surface area contributed by atoms with Gasteiger partial charge in [-0.1, -0.05) is 55.7 Å². The number of benzene rings is 1. The standard InChI is InChI=1S/C11H14N2O.2C10H10O2/c1-8(2)10-7-14-11(13-10)9-5-3-4-6-12-9;1-2-8-4-12-6-10(8)9-5-11-3-7(1)9;1-3-7-11-9-5-6-10-12-8-4-2/h3-6,8,10H,7H2,1-2H3;1-2H,3-6H2;1-2H,7-10H2/t10-;;/m1../s1. The Kier molecular flexibility index (Phi) is 12.4. The van der Waals surface area contributed by atoms with E-state index in [9.17, 15) is 0 Å². The summed E-state index contributed by atoms with van der Waals surface area (Å²) in [6, 6.07) is 10.4. The molecule has 0 spiro atoms. The zero-order valence-corrected chi connectivity index (χ0v) is 22.1. The van der Waals surface area contributed by atoms with Crippen LogP contribution in [0.3, 0.4) is 0 Å². The first-order valence-electron chi connectivity index (χ1n) is 12.5. The molecule has 5 rings (SSSR count). The molecule has 0 saturated carbocycles. The minimum atomic E-state index is 0.284. The highest BCUT2D eigenvalue weighted by Gasteiger charge is 2.23. The van der Waals surface area contributed by atoms with E-state index in [4.69, 9.17) is 36.5 Å². The summed E-state index contributed by atoms with van der Waals surface area (Å²) in [6.45, 7) is 9.36. The molecule has 1 atom stereocenters. The second-order valence-corrected chi connectivity index (χ2v) is 8.85. The van der Waals surface area contributed by atoms with Crippen LogP contribution in [0.4, 0.5) is 0 Å². The van der Waals surface area contributed by atoms with E-state index < -0.39 is 0 Å². The summed E-state index contributed by atoms with van der Waals surface area (Å²) in [7, 11) is 0. The zero-order chi connectivity index (χ0) is 27.0. The molecular formula is C31H34N2O5. The van der Waals surface area contributed by atoms with Crippen LogP contribution in [0.15, 0.2) is 41.5 Å². The third-order valence-electron chi connectivity index (χ3n) is 5.80. The van der Waals surface area contributed by atoms with Gasteiger partial charge in [0.25, 0.3) is 0 Å². The number of hydrogen-bond acceptors (Lipinski definition) is 7. The van der Waals surface area contributed by atoms with Crippen molar-refractivity contribution < 1.29 is 23.7 Å². The highest BCUT2D eigenvalue weighted by Crippen LogP contribution is 2.30. The highest BCUT2D eigenvalue weighted by molar-refractivity contribution is 5.93. The van der Waals surface area contributed by atoms with Crippen LogP contribution in [-0.4, -0.2) is 50.0 Å². The number of rotatable bonds is 6. The predicted molar refractivity (Wildman–Crippen MR) is 146 cm³/mol. The Balaban J connectivity index is 0.000000159. The van der Waals surface area contributed by atoms with Gasteiger partial charge >= 0.3 is 0 Å². The van der Waals surface area contributed by atoms with Crippen LogP contribution >= 0.6 is 0 Å². The lowest BCUT2D eigenvalue weighted by molar-refractivity contribution is 0.126. The number of fused-ring (bicyclic) bond motifs is 3. The Hall–Kier alpha value is -3.64. The normalized spacial score (nSPS) is 16.1. The van der Waals surface area contributed by atoms with Crippen molar-refractivity contribution in [1.29, 1.82) is 0 Å². The van der Waals surface area contributed by atoms with E-state index in [-0.39, 0.29) is 6.04 Å². The Labute approximate surface area is 225 Å². The lowest BCUT2D eigenvalue weighted by atomic mass is 10.0. The summed E-state index contributed by atoms with van der Waals surface area (Å²) in [5.41, 5.74) is 6.28. The maximum atomic E-state index is 5.50. The molecule has 0 amide bonds. The van der Waals surface area contributed by atoms with Crippen molar-refractivity contribution in [2.24, 2.45) is 10.9 Å². The second-order valence-electron chi connectivity index (χ2n) is 8.85. The summed E-state index contributed by atoms with van der Waals surface area (Å²) in [5, 5.41) is 0. The van der Waals surface area contributed by atoms with Crippen LogP contribution in [0.1, 0.15) is 41.8 Å². The summed E-state index contributed by atoms with van der Waals surface area (Å²) in [4.78, 5) is 8.69. The number of aliphatic imine (C=N–C) groups is 1. The van der Waals surface area contributed by atoms with Gasteiger partial charge in [-0.2, -0.15) is 0 Å². The number of hydrogen-bond donors (Lipinski definition) is 0. The first-order valence-corrected chi connectivity index (χ1v) is 12.5. The van der Waals surface area contributed by atoms with Gasteiger partial charge in [-0.25, -0.2) is 4.99 Å². The molecule has 198 valence electrons. The minimum Gasteiger partial charge on any atom is -0.474 e. The van der Waals surface area contributed by atoms with Gasteiger partial charge in [0.2, 0.25) is 5.90 Å².